The van der Waals surface area contributed by atoms with E-state index < -0.39 is 353 Å². The lowest BCUT2D eigenvalue weighted by Gasteiger charge is -2.71. The zero-order chi connectivity index (χ0) is 97.7. The minimum absolute atomic E-state index is 0.0121. The first-order chi connectivity index (χ1) is 62.5. The topological polar surface area (TPSA) is 676 Å². The van der Waals surface area contributed by atoms with Crippen molar-refractivity contribution in [1.29, 1.82) is 0 Å². The van der Waals surface area contributed by atoms with Crippen molar-refractivity contribution in [3.8, 4) is 0 Å². The molecule has 47 atom stereocenters. The van der Waals surface area contributed by atoms with E-state index >= 15 is 4.79 Å². The van der Waals surface area contributed by atoms with Crippen LogP contribution in [0.1, 0.15) is 179 Å². The number of aliphatic hydroxyl groups is 19. The molecule has 0 aromatic heterocycles. The van der Waals surface area contributed by atoms with Gasteiger partial charge in [0, 0.05) is 26.4 Å². The molecule has 0 radical (unpaired) electrons. The Kier molecular flexibility index (Phi) is 35.1. The molecular formula is C89H143NO43. The average molecular weight is 1920 g/mol. The van der Waals surface area contributed by atoms with Gasteiger partial charge in [-0.2, -0.15) is 0 Å². The van der Waals surface area contributed by atoms with Crippen molar-refractivity contribution >= 4 is 36.1 Å². The van der Waals surface area contributed by atoms with E-state index in [0.29, 0.717) is 44.9 Å². The number of carbonyl (C=O) groups is 6. The predicted molar refractivity (Wildman–Crippen MR) is 444 cm³/mol. The van der Waals surface area contributed by atoms with E-state index in [1.54, 1.807) is 20.8 Å². The maximum atomic E-state index is 16.3. The van der Waals surface area contributed by atoms with Crippen LogP contribution in [0.25, 0.3) is 0 Å². The third-order valence-corrected chi connectivity index (χ3v) is 31.7. The third-order valence-electron chi connectivity index (χ3n) is 31.7. The smallest absolute Gasteiger partial charge is 0.322 e. The van der Waals surface area contributed by atoms with Crippen LogP contribution in [0.4, 0.5) is 0 Å². The molecule has 44 heteroatoms. The predicted octanol–water partition coefficient (Wildman–Crippen LogP) is -4.42. The fourth-order valence-electron chi connectivity index (χ4n) is 23.3. The van der Waals surface area contributed by atoms with Crippen molar-refractivity contribution in [3.05, 3.63) is 11.6 Å². The molecule has 0 aromatic carbocycles. The van der Waals surface area contributed by atoms with Crippen LogP contribution in [0.5, 0.6) is 0 Å². The van der Waals surface area contributed by atoms with Crippen molar-refractivity contribution in [1.82, 2.24) is 5.32 Å². The minimum Gasteiger partial charge on any atom is -0.480 e. The van der Waals surface area contributed by atoms with Gasteiger partial charge in [-0.1, -0.05) is 93.7 Å². The van der Waals surface area contributed by atoms with E-state index in [1.807, 2.05) is 27.7 Å². The number of hydrogen-bond acceptors (Lipinski definition) is 42. The number of hydrogen-bond donors (Lipinski definition) is 21. The Balaban J connectivity index is 0.806. The SMILES string of the molecule is CC[C@H](C)[C@H](C[C@H](O)CC(=O)OC1CC(O)OC(OC(=O)[C@]23CCC(C)(C)CC2C2=CCC4[C@@]5(C)CC[C@H](OC6OC(C(=O)NCC(=O)O)C(O)C(OC7OCC(O)C(O)C7O)C6OC6OC(CO)C(O)C(O)C6O)[C@@](C)(C=O)C5CC[C@@]4(C)[C@]2(C)C[C@H]3O)C1OC1OC(C)C(OC2OCC(O)C(OC)C2O)C(O)C1O)OC(=O)C[C@@H](O)C[C@H](OC1OC(CO)C(O)C1O)[C@@H](C)CC. The summed E-state index contributed by atoms with van der Waals surface area (Å²) in [7, 11) is 1.24. The van der Waals surface area contributed by atoms with Gasteiger partial charge in [0.05, 0.1) is 81.3 Å². The van der Waals surface area contributed by atoms with Gasteiger partial charge in [-0.15, -0.1) is 0 Å². The quantitative estimate of drug-likeness (QED) is 0.00936. The number of nitrogens with one attached hydrogen (secondary N) is 1. The Bertz CT molecular complexity index is 3930. The number of aldehydes is 1. The fourth-order valence-corrected chi connectivity index (χ4v) is 23.3. The van der Waals surface area contributed by atoms with Crippen LogP contribution in [0, 0.1) is 62.1 Å². The van der Waals surface area contributed by atoms with Gasteiger partial charge in [0.15, 0.2) is 56.2 Å². The number of aliphatic hydroxyl groups excluding tert-OH is 19. The first kappa shape index (κ1) is 107. The number of esters is 3. The largest absolute Gasteiger partial charge is 0.480 e. The summed E-state index contributed by atoms with van der Waals surface area (Å²) < 4.78 is 103. The number of carbonyl (C=O) groups excluding carboxylic acids is 5. The van der Waals surface area contributed by atoms with Crippen LogP contribution in [0.3, 0.4) is 0 Å². The second-order valence-electron chi connectivity index (χ2n) is 40.6. The van der Waals surface area contributed by atoms with E-state index in [4.69, 9.17) is 80.5 Å². The van der Waals surface area contributed by atoms with E-state index in [2.05, 4.69) is 32.2 Å². The highest BCUT2D eigenvalue weighted by Crippen LogP contribution is 2.76. The number of carboxylic acids is 1. The molecule has 12 rings (SSSR count). The molecule has 0 aromatic rings. The van der Waals surface area contributed by atoms with Gasteiger partial charge < -0.3 is 193 Å². The zero-order valence-electron chi connectivity index (χ0n) is 77.1. The molecule has 1 amide bonds. The molecule has 133 heavy (non-hydrogen) atoms. The minimum atomic E-state index is -2.26. The first-order valence-electron chi connectivity index (χ1n) is 46.6. The van der Waals surface area contributed by atoms with Crippen LogP contribution in [0.2, 0.25) is 0 Å². The number of aliphatic carboxylic acids is 1. The van der Waals surface area contributed by atoms with Gasteiger partial charge in [-0.05, 0) is 116 Å². The van der Waals surface area contributed by atoms with Gasteiger partial charge in [0.1, 0.15) is 146 Å². The van der Waals surface area contributed by atoms with Crippen molar-refractivity contribution < 1.29 is 211 Å². The molecule has 34 unspecified atom stereocenters. The lowest BCUT2D eigenvalue weighted by molar-refractivity contribution is -0.391. The molecule has 21 N–H and O–H groups in total. The molecule has 5 aliphatic carbocycles. The standard InChI is InChI=1S/C89H143NO43/c1-13-36(3)45(121-55(101)25-40(95)24-46(37(4)14-2)123-79-64(110)60(106)49(32-92)124-79)23-39(94)26-56(102)122-47-27-57(103)127-81(71(47)129-78-66(112)62(108)69(38(5)120-78)128-77-68(114)70(117-12)44(97)34-119-77)133-83(116)89-22-21-84(6,7)28-42(89)41-15-16-51-85(8)19-18-53(86(9,35-93)50(85)17-20-87(51,10)88(41,11)29-52(89)98)126-82-74(132-80-65(111)61(107)59(105)48(31-91)125-80)72(130-76-63(109)58(104)43(96)33-118-76)67(113)73(131-82)75(115)90-30-54(99)100/h15,35-40,42-53,57-74,76-82,91-92,94-98,103-114H,13-14,16-34H2,1-12H3,(H,90,115)(H,99,100)/t36-,37-,38?,39-,40-,42?,43?,44?,45-,46-,47?,48?,49?,50?,51?,52+,53-,57?,58?,59?,60?,61?,62?,63?,64?,65?,66?,67?,68?,69?,70?,71?,72?,73?,74?,76?,77?,78?,79?,80?,81?,82?,85-,86-,87+,88+,89+/m0/s1. The van der Waals surface area contributed by atoms with E-state index in [9.17, 15) is 126 Å². The number of methoxy groups -OCH3 is 1. The summed E-state index contributed by atoms with van der Waals surface area (Å²) in [4.78, 5) is 85.1. The maximum Gasteiger partial charge on any atom is 0.322 e. The molecule has 762 valence electrons. The van der Waals surface area contributed by atoms with Crippen LogP contribution >= 0.6 is 0 Å². The van der Waals surface area contributed by atoms with Gasteiger partial charge in [0.25, 0.3) is 5.91 Å². The van der Waals surface area contributed by atoms with Crippen LogP contribution in [-0.2, 0) is 109 Å². The third kappa shape index (κ3) is 21.6. The Morgan fingerprint density at radius 1 is 0.556 bits per heavy atom. The second-order valence-corrected chi connectivity index (χ2v) is 40.6. The van der Waals surface area contributed by atoms with Gasteiger partial charge in [0.2, 0.25) is 6.29 Å². The molecule has 4 saturated carbocycles. The molecule has 0 bridgehead atoms. The van der Waals surface area contributed by atoms with Crippen LogP contribution in [0.15, 0.2) is 11.6 Å². The number of fused-ring (bicyclic) bond motifs is 7. The van der Waals surface area contributed by atoms with Crippen LogP contribution < -0.4 is 5.32 Å². The first-order valence-corrected chi connectivity index (χ1v) is 46.6. The Morgan fingerprint density at radius 2 is 1.13 bits per heavy atom. The van der Waals surface area contributed by atoms with Crippen molar-refractivity contribution in [2.75, 3.05) is 40.1 Å². The fraction of sp³-hybridized carbons (Fsp3) is 0.910. The summed E-state index contributed by atoms with van der Waals surface area (Å²) in [6, 6.07) is 0. The van der Waals surface area contributed by atoms with Gasteiger partial charge in [-0.25, -0.2) is 0 Å². The summed E-state index contributed by atoms with van der Waals surface area (Å²) in [5.41, 5.74) is -5.59. The molecule has 0 spiro atoms. The Labute approximate surface area is 769 Å². The molecule has 7 aliphatic heterocycles. The highest BCUT2D eigenvalue weighted by molar-refractivity contribution is 5.85. The summed E-state index contributed by atoms with van der Waals surface area (Å²) >= 11 is 0. The van der Waals surface area contributed by atoms with Crippen LogP contribution in [-0.4, -0.2) is 406 Å². The second kappa shape index (κ2) is 43.5. The van der Waals surface area contributed by atoms with Crippen molar-refractivity contribution in [3.63, 3.8) is 0 Å². The number of allylic oxidation sites excluding steroid dienone is 2. The molecule has 12 aliphatic rings. The molecule has 44 nitrogen and oxygen atoms in total. The van der Waals surface area contributed by atoms with E-state index in [-0.39, 0.29) is 57.0 Å². The number of rotatable bonds is 35. The monoisotopic (exact) mass is 1910 g/mol. The molecule has 11 fully saturated rings. The summed E-state index contributed by atoms with van der Waals surface area (Å²) in [5, 5.41) is 225. The van der Waals surface area contributed by atoms with Crippen molar-refractivity contribution in [2.45, 2.75) is 406 Å². The Morgan fingerprint density at radius 3 is 1.77 bits per heavy atom. The van der Waals surface area contributed by atoms with Crippen molar-refractivity contribution in [2.24, 2.45) is 62.1 Å². The zero-order valence-corrected chi connectivity index (χ0v) is 77.1. The highest BCUT2D eigenvalue weighted by Gasteiger charge is 2.73. The Hall–Kier alpha value is -4.56. The summed E-state index contributed by atoms with van der Waals surface area (Å²) in [6.45, 7) is 17.0. The van der Waals surface area contributed by atoms with E-state index in [0.717, 1.165) is 11.9 Å². The van der Waals surface area contributed by atoms with E-state index in [1.165, 1.54) is 14.0 Å². The summed E-state index contributed by atoms with van der Waals surface area (Å²) in [5.74, 6) is -8.27. The lowest BCUT2D eigenvalue weighted by Crippen LogP contribution is -2.70. The molecule has 7 heterocycles. The van der Waals surface area contributed by atoms with Gasteiger partial charge >= 0.3 is 23.9 Å². The number of amides is 1. The maximum absolute atomic E-state index is 16.3. The summed E-state index contributed by atoms with van der Waals surface area (Å²) in [6.07, 6.45) is -59.9. The number of carboxylic acid groups (broad SMARTS) is 1. The highest BCUT2D eigenvalue weighted by atomic mass is 16.8. The number of ether oxygens (including phenoxy) is 17. The molecule has 7 saturated heterocycles. The average Bonchev–Trinajstić information content (AvgIpc) is 0.723. The van der Waals surface area contributed by atoms with Gasteiger partial charge in [-0.3, -0.25) is 24.0 Å². The normalized spacial score (nSPS) is 46.7. The lowest BCUT2D eigenvalue weighted by atomic mass is 9.33. The molecular weight excluding hydrogens is 1770 g/mol.